The summed E-state index contributed by atoms with van der Waals surface area (Å²) >= 11 is 5.35. The van der Waals surface area contributed by atoms with Crippen molar-refractivity contribution in [3.8, 4) is 5.75 Å². The summed E-state index contributed by atoms with van der Waals surface area (Å²) in [4.78, 5) is 0. The van der Waals surface area contributed by atoms with Crippen LogP contribution in [0, 0.1) is 15.2 Å². The predicted molar refractivity (Wildman–Crippen MR) is 82.5 cm³/mol. The zero-order chi connectivity index (χ0) is 13.8. The largest absolute Gasteiger partial charge is 0.483 e. The normalized spacial score (nSPS) is 10.5. The van der Waals surface area contributed by atoms with Crippen molar-refractivity contribution >= 4 is 38.5 Å². The summed E-state index contributed by atoms with van der Waals surface area (Å²) in [5.41, 5.74) is 1.40. The smallest absolute Gasteiger partial charge is 0.191 e. The second-order valence-electron chi connectivity index (χ2n) is 3.94. The van der Waals surface area contributed by atoms with Crippen LogP contribution in [0.5, 0.6) is 5.75 Å². The summed E-state index contributed by atoms with van der Waals surface area (Å²) in [6.45, 7) is 0.137. The molecular weight excluding hydrogens is 429 g/mol. The Morgan fingerprint density at radius 1 is 1.00 bits per heavy atom. The SMILES string of the molecule is Fc1cc(CBr)cc(F)c1OCc1ccc(I)cc1. The zero-order valence-corrected chi connectivity index (χ0v) is 13.5. The van der Waals surface area contributed by atoms with E-state index in [9.17, 15) is 8.78 Å². The molecule has 5 heteroatoms. The first kappa shape index (κ1) is 14.7. The highest BCUT2D eigenvalue weighted by Crippen LogP contribution is 2.25. The maximum atomic E-state index is 13.7. The third kappa shape index (κ3) is 3.89. The van der Waals surface area contributed by atoms with Crippen LogP contribution in [0.15, 0.2) is 36.4 Å². The minimum Gasteiger partial charge on any atom is -0.483 e. The van der Waals surface area contributed by atoms with Gasteiger partial charge < -0.3 is 4.74 Å². The molecule has 0 aliphatic carbocycles. The Labute approximate surface area is 132 Å². The maximum absolute atomic E-state index is 13.7. The van der Waals surface area contributed by atoms with E-state index in [4.69, 9.17) is 4.74 Å². The van der Waals surface area contributed by atoms with E-state index in [0.29, 0.717) is 10.9 Å². The van der Waals surface area contributed by atoms with Gasteiger partial charge in [0.1, 0.15) is 6.61 Å². The van der Waals surface area contributed by atoms with Gasteiger partial charge in [-0.15, -0.1) is 0 Å². The van der Waals surface area contributed by atoms with Crippen molar-refractivity contribution in [1.82, 2.24) is 0 Å². The quantitative estimate of drug-likeness (QED) is 0.479. The number of alkyl halides is 1. The average molecular weight is 439 g/mol. The Morgan fingerprint density at radius 2 is 1.58 bits per heavy atom. The number of ether oxygens (including phenoxy) is 1. The highest BCUT2D eigenvalue weighted by molar-refractivity contribution is 14.1. The lowest BCUT2D eigenvalue weighted by Crippen LogP contribution is -2.01. The zero-order valence-electron chi connectivity index (χ0n) is 9.80. The van der Waals surface area contributed by atoms with Crippen LogP contribution in [-0.2, 0) is 11.9 Å². The second kappa shape index (κ2) is 6.65. The first-order chi connectivity index (χ1) is 9.10. The Hall–Kier alpha value is -0.690. The minimum atomic E-state index is -0.681. The molecule has 0 heterocycles. The molecule has 2 aromatic carbocycles. The number of halogens is 4. The molecule has 0 radical (unpaired) electrons. The maximum Gasteiger partial charge on any atom is 0.191 e. The number of hydrogen-bond acceptors (Lipinski definition) is 1. The molecule has 0 saturated carbocycles. The van der Waals surface area contributed by atoms with E-state index >= 15 is 0 Å². The minimum absolute atomic E-state index is 0.137. The van der Waals surface area contributed by atoms with Gasteiger partial charge in [-0.1, -0.05) is 28.1 Å². The summed E-state index contributed by atoms with van der Waals surface area (Å²) in [6.07, 6.45) is 0. The van der Waals surface area contributed by atoms with E-state index in [1.807, 2.05) is 24.3 Å². The van der Waals surface area contributed by atoms with Crippen molar-refractivity contribution < 1.29 is 13.5 Å². The Balaban J connectivity index is 2.13. The number of hydrogen-bond donors (Lipinski definition) is 0. The summed E-state index contributed by atoms with van der Waals surface area (Å²) in [5, 5.41) is 0.401. The number of rotatable bonds is 4. The van der Waals surface area contributed by atoms with E-state index in [2.05, 4.69) is 38.5 Å². The van der Waals surface area contributed by atoms with Crippen molar-refractivity contribution in [3.63, 3.8) is 0 Å². The molecule has 0 spiro atoms. The molecule has 0 amide bonds. The van der Waals surface area contributed by atoms with Gasteiger partial charge in [0.2, 0.25) is 0 Å². The van der Waals surface area contributed by atoms with Crippen LogP contribution >= 0.6 is 38.5 Å². The Kier molecular flexibility index (Phi) is 5.15. The van der Waals surface area contributed by atoms with Gasteiger partial charge in [0.25, 0.3) is 0 Å². The summed E-state index contributed by atoms with van der Waals surface area (Å²) in [5.74, 6) is -1.69. The molecule has 0 N–H and O–H groups in total. The summed E-state index contributed by atoms with van der Waals surface area (Å²) in [7, 11) is 0. The summed E-state index contributed by atoms with van der Waals surface area (Å²) < 4.78 is 33.7. The fourth-order valence-corrected chi connectivity index (χ4v) is 2.25. The van der Waals surface area contributed by atoms with E-state index in [-0.39, 0.29) is 12.4 Å². The molecule has 0 saturated heterocycles. The molecule has 2 aromatic rings. The Morgan fingerprint density at radius 3 is 2.11 bits per heavy atom. The second-order valence-corrected chi connectivity index (χ2v) is 5.74. The molecule has 0 atom stereocenters. The van der Waals surface area contributed by atoms with Crippen molar-refractivity contribution in [2.45, 2.75) is 11.9 Å². The van der Waals surface area contributed by atoms with E-state index in [1.165, 1.54) is 12.1 Å². The monoisotopic (exact) mass is 438 g/mol. The lowest BCUT2D eigenvalue weighted by atomic mass is 10.2. The summed E-state index contributed by atoms with van der Waals surface area (Å²) in [6, 6.07) is 10.1. The van der Waals surface area contributed by atoms with Gasteiger partial charge in [0.15, 0.2) is 17.4 Å². The lowest BCUT2D eigenvalue weighted by molar-refractivity contribution is 0.274. The molecule has 0 aliphatic heterocycles. The molecule has 0 unspecified atom stereocenters. The first-order valence-electron chi connectivity index (χ1n) is 5.51. The van der Waals surface area contributed by atoms with Crippen LogP contribution in [0.2, 0.25) is 0 Å². The molecule has 100 valence electrons. The lowest BCUT2D eigenvalue weighted by Gasteiger charge is -2.09. The molecule has 0 bridgehead atoms. The molecule has 0 fully saturated rings. The molecule has 19 heavy (non-hydrogen) atoms. The number of benzene rings is 2. The Bertz CT molecular complexity index is 549. The van der Waals surface area contributed by atoms with Crippen LogP contribution in [0.25, 0.3) is 0 Å². The van der Waals surface area contributed by atoms with Crippen molar-refractivity contribution in [1.29, 1.82) is 0 Å². The fraction of sp³-hybridized carbons (Fsp3) is 0.143. The fourth-order valence-electron chi connectivity index (χ4n) is 1.56. The molecule has 0 aromatic heterocycles. The van der Waals surface area contributed by atoms with Gasteiger partial charge >= 0.3 is 0 Å². The van der Waals surface area contributed by atoms with Gasteiger partial charge in [-0.05, 0) is 58.0 Å². The van der Waals surface area contributed by atoms with Gasteiger partial charge in [-0.2, -0.15) is 0 Å². The van der Waals surface area contributed by atoms with E-state index in [0.717, 1.165) is 9.13 Å². The van der Waals surface area contributed by atoms with Crippen LogP contribution in [0.4, 0.5) is 8.78 Å². The van der Waals surface area contributed by atoms with E-state index < -0.39 is 11.6 Å². The topological polar surface area (TPSA) is 9.23 Å². The van der Waals surface area contributed by atoms with Crippen LogP contribution in [-0.4, -0.2) is 0 Å². The molecule has 2 rings (SSSR count). The van der Waals surface area contributed by atoms with Gasteiger partial charge in [-0.25, -0.2) is 8.78 Å². The third-order valence-corrected chi connectivity index (χ3v) is 3.88. The third-order valence-electron chi connectivity index (χ3n) is 2.51. The predicted octanol–water partition coefficient (Wildman–Crippen LogP) is 5.04. The van der Waals surface area contributed by atoms with Gasteiger partial charge in [0.05, 0.1) is 0 Å². The molecule has 0 aliphatic rings. The van der Waals surface area contributed by atoms with Crippen molar-refractivity contribution in [2.24, 2.45) is 0 Å². The van der Waals surface area contributed by atoms with Gasteiger partial charge in [0, 0.05) is 8.90 Å². The van der Waals surface area contributed by atoms with Crippen molar-refractivity contribution in [3.05, 3.63) is 62.7 Å². The van der Waals surface area contributed by atoms with E-state index in [1.54, 1.807) is 0 Å². The van der Waals surface area contributed by atoms with Crippen LogP contribution < -0.4 is 4.74 Å². The highest BCUT2D eigenvalue weighted by atomic mass is 127. The highest BCUT2D eigenvalue weighted by Gasteiger charge is 2.12. The standard InChI is InChI=1S/C14H10BrF2IO/c15-7-10-5-12(16)14(13(17)6-10)19-8-9-1-3-11(18)4-2-9/h1-6H,7-8H2. The molecular formula is C14H10BrF2IO. The average Bonchev–Trinajstić information content (AvgIpc) is 2.39. The van der Waals surface area contributed by atoms with Crippen LogP contribution in [0.1, 0.15) is 11.1 Å². The van der Waals surface area contributed by atoms with Crippen LogP contribution in [0.3, 0.4) is 0 Å². The molecule has 1 nitrogen and oxygen atoms in total. The van der Waals surface area contributed by atoms with Gasteiger partial charge in [-0.3, -0.25) is 0 Å². The first-order valence-corrected chi connectivity index (χ1v) is 7.71. The van der Waals surface area contributed by atoms with Crippen molar-refractivity contribution in [2.75, 3.05) is 0 Å².